The SMILES string of the molecule is COc1ccccc1N=C1S[C@H](CC(=O)Nc2cccc(C)c2C)C(=O)N1C. The van der Waals surface area contributed by atoms with Gasteiger partial charge in [0.05, 0.1) is 7.11 Å². The summed E-state index contributed by atoms with van der Waals surface area (Å²) in [5.41, 5.74) is 3.55. The molecular weight excluding hydrogens is 374 g/mol. The van der Waals surface area contributed by atoms with Crippen molar-refractivity contribution in [3.63, 3.8) is 0 Å². The van der Waals surface area contributed by atoms with Crippen LogP contribution in [0.15, 0.2) is 47.5 Å². The Morgan fingerprint density at radius 3 is 2.71 bits per heavy atom. The normalized spacial score (nSPS) is 17.9. The Kier molecular flexibility index (Phi) is 6.04. The largest absolute Gasteiger partial charge is 0.494 e. The highest BCUT2D eigenvalue weighted by molar-refractivity contribution is 8.15. The van der Waals surface area contributed by atoms with Gasteiger partial charge in [-0.05, 0) is 43.2 Å². The maximum Gasteiger partial charge on any atom is 0.242 e. The molecule has 2 aromatic carbocycles. The number of hydrogen-bond acceptors (Lipinski definition) is 5. The van der Waals surface area contributed by atoms with Crippen molar-refractivity contribution in [3.8, 4) is 5.75 Å². The summed E-state index contributed by atoms with van der Waals surface area (Å²) in [6, 6.07) is 13.1. The first kappa shape index (κ1) is 19.9. The average Bonchev–Trinajstić information content (AvgIpc) is 2.93. The molecule has 7 heteroatoms. The third-order valence-electron chi connectivity index (χ3n) is 4.69. The predicted octanol–water partition coefficient (Wildman–Crippen LogP) is 3.90. The number of aliphatic imine (C=N–C) groups is 1. The van der Waals surface area contributed by atoms with Gasteiger partial charge in [-0.1, -0.05) is 36.0 Å². The monoisotopic (exact) mass is 397 g/mol. The number of amides is 2. The van der Waals surface area contributed by atoms with E-state index in [1.54, 1.807) is 14.2 Å². The van der Waals surface area contributed by atoms with Crippen LogP contribution in [0.5, 0.6) is 5.75 Å². The summed E-state index contributed by atoms with van der Waals surface area (Å²) in [6.45, 7) is 3.96. The van der Waals surface area contributed by atoms with Crippen LogP contribution in [0.1, 0.15) is 17.5 Å². The van der Waals surface area contributed by atoms with Crippen LogP contribution in [0.3, 0.4) is 0 Å². The number of rotatable bonds is 5. The first-order valence-electron chi connectivity index (χ1n) is 8.92. The summed E-state index contributed by atoms with van der Waals surface area (Å²) in [4.78, 5) is 31.1. The number of nitrogens with zero attached hydrogens (tertiary/aromatic N) is 2. The fourth-order valence-corrected chi connectivity index (χ4v) is 4.03. The maximum absolute atomic E-state index is 12.6. The van der Waals surface area contributed by atoms with Gasteiger partial charge in [0.1, 0.15) is 16.7 Å². The van der Waals surface area contributed by atoms with E-state index in [0.29, 0.717) is 16.6 Å². The van der Waals surface area contributed by atoms with Gasteiger partial charge in [0.2, 0.25) is 11.8 Å². The summed E-state index contributed by atoms with van der Waals surface area (Å²) in [5.74, 6) is 0.314. The van der Waals surface area contributed by atoms with Crippen molar-refractivity contribution >= 4 is 40.1 Å². The summed E-state index contributed by atoms with van der Waals surface area (Å²) < 4.78 is 5.31. The van der Waals surface area contributed by atoms with Crippen LogP contribution >= 0.6 is 11.8 Å². The molecular formula is C21H23N3O3S. The highest BCUT2D eigenvalue weighted by Gasteiger charge is 2.37. The Hall–Kier alpha value is -2.80. The predicted molar refractivity (Wildman–Crippen MR) is 113 cm³/mol. The van der Waals surface area contributed by atoms with Crippen LogP contribution in [-0.2, 0) is 9.59 Å². The standard InChI is InChI=1S/C21H23N3O3S/c1-13-8-7-10-15(14(13)2)22-19(25)12-18-20(26)24(3)21(28-18)23-16-9-5-6-11-17(16)27-4/h5-11,18H,12H2,1-4H3,(H,22,25)/t18-/m1/s1. The molecule has 1 atom stereocenters. The molecule has 1 heterocycles. The van der Waals surface area contributed by atoms with Gasteiger partial charge in [0.15, 0.2) is 5.17 Å². The smallest absolute Gasteiger partial charge is 0.242 e. The number of thioether (sulfide) groups is 1. The van der Waals surface area contributed by atoms with Crippen molar-refractivity contribution in [3.05, 3.63) is 53.6 Å². The van der Waals surface area contributed by atoms with Crippen molar-refractivity contribution in [2.24, 2.45) is 4.99 Å². The van der Waals surface area contributed by atoms with Crippen LogP contribution in [-0.4, -0.2) is 41.3 Å². The van der Waals surface area contributed by atoms with E-state index >= 15 is 0 Å². The average molecular weight is 398 g/mol. The second-order valence-electron chi connectivity index (χ2n) is 6.57. The lowest BCUT2D eigenvalue weighted by Gasteiger charge is -2.12. The van der Waals surface area contributed by atoms with Gasteiger partial charge in [-0.2, -0.15) is 0 Å². The molecule has 1 saturated heterocycles. The molecule has 0 spiro atoms. The highest BCUT2D eigenvalue weighted by Crippen LogP contribution is 2.34. The highest BCUT2D eigenvalue weighted by atomic mass is 32.2. The number of nitrogens with one attached hydrogen (secondary N) is 1. The van der Waals surface area contributed by atoms with Crippen molar-refractivity contribution in [2.45, 2.75) is 25.5 Å². The van der Waals surface area contributed by atoms with Gasteiger partial charge in [-0.15, -0.1) is 0 Å². The number of carbonyl (C=O) groups excluding carboxylic acids is 2. The van der Waals surface area contributed by atoms with Crippen molar-refractivity contribution in [1.82, 2.24) is 4.90 Å². The Morgan fingerprint density at radius 2 is 1.96 bits per heavy atom. The van der Waals surface area contributed by atoms with Crippen LogP contribution in [0.2, 0.25) is 0 Å². The first-order valence-corrected chi connectivity index (χ1v) is 9.80. The fraction of sp³-hybridized carbons (Fsp3) is 0.286. The molecule has 1 fully saturated rings. The number of hydrogen-bond donors (Lipinski definition) is 1. The van der Waals surface area contributed by atoms with Crippen LogP contribution < -0.4 is 10.1 Å². The van der Waals surface area contributed by atoms with E-state index in [4.69, 9.17) is 4.74 Å². The van der Waals surface area contributed by atoms with Crippen molar-refractivity contribution in [2.75, 3.05) is 19.5 Å². The Morgan fingerprint density at radius 1 is 1.21 bits per heavy atom. The molecule has 0 saturated carbocycles. The zero-order chi connectivity index (χ0) is 20.3. The van der Waals surface area contributed by atoms with Crippen LogP contribution in [0.25, 0.3) is 0 Å². The number of carbonyl (C=O) groups is 2. The summed E-state index contributed by atoms with van der Waals surface area (Å²) in [5, 5.41) is 2.97. The van der Waals surface area contributed by atoms with E-state index in [2.05, 4.69) is 10.3 Å². The molecule has 1 aliphatic heterocycles. The Labute approximate surface area is 169 Å². The Bertz CT molecular complexity index is 942. The van der Waals surface area contributed by atoms with Crippen molar-refractivity contribution in [1.29, 1.82) is 0 Å². The van der Waals surface area contributed by atoms with E-state index in [9.17, 15) is 9.59 Å². The second kappa shape index (κ2) is 8.48. The lowest BCUT2D eigenvalue weighted by atomic mass is 10.1. The number of aryl methyl sites for hydroxylation is 1. The summed E-state index contributed by atoms with van der Waals surface area (Å²) in [7, 11) is 3.25. The quantitative estimate of drug-likeness (QED) is 0.831. The molecule has 1 N–H and O–H groups in total. The molecule has 28 heavy (non-hydrogen) atoms. The van der Waals surface area contributed by atoms with Crippen molar-refractivity contribution < 1.29 is 14.3 Å². The third kappa shape index (κ3) is 4.20. The number of anilines is 1. The lowest BCUT2D eigenvalue weighted by Crippen LogP contribution is -2.30. The molecule has 146 valence electrons. The minimum Gasteiger partial charge on any atom is -0.494 e. The van der Waals surface area contributed by atoms with E-state index in [1.807, 2.05) is 56.3 Å². The second-order valence-corrected chi connectivity index (χ2v) is 7.74. The molecule has 3 rings (SSSR count). The molecule has 1 aliphatic rings. The molecule has 0 unspecified atom stereocenters. The first-order chi connectivity index (χ1) is 13.4. The summed E-state index contributed by atoms with van der Waals surface area (Å²) >= 11 is 1.30. The van der Waals surface area contributed by atoms with E-state index in [-0.39, 0.29) is 18.2 Å². The zero-order valence-corrected chi connectivity index (χ0v) is 17.2. The number of ether oxygens (including phenoxy) is 1. The van der Waals surface area contributed by atoms with Gasteiger partial charge in [0.25, 0.3) is 0 Å². The number of methoxy groups -OCH3 is 1. The summed E-state index contributed by atoms with van der Waals surface area (Å²) in [6.07, 6.45) is 0.0895. The van der Waals surface area contributed by atoms with Gasteiger partial charge in [-0.3, -0.25) is 14.5 Å². The number of benzene rings is 2. The number of para-hydroxylation sites is 2. The van der Waals surface area contributed by atoms with Gasteiger partial charge in [-0.25, -0.2) is 4.99 Å². The van der Waals surface area contributed by atoms with Gasteiger partial charge >= 0.3 is 0 Å². The molecule has 0 aromatic heterocycles. The molecule has 6 nitrogen and oxygen atoms in total. The Balaban J connectivity index is 1.72. The molecule has 0 bridgehead atoms. The van der Waals surface area contributed by atoms with Gasteiger partial charge in [0, 0.05) is 19.2 Å². The molecule has 2 amide bonds. The van der Waals surface area contributed by atoms with Crippen LogP contribution in [0, 0.1) is 13.8 Å². The van der Waals surface area contributed by atoms with Crippen LogP contribution in [0.4, 0.5) is 11.4 Å². The lowest BCUT2D eigenvalue weighted by molar-refractivity contribution is -0.127. The third-order valence-corrected chi connectivity index (χ3v) is 5.92. The maximum atomic E-state index is 12.6. The zero-order valence-electron chi connectivity index (χ0n) is 16.4. The fourth-order valence-electron chi connectivity index (χ4n) is 2.88. The van der Waals surface area contributed by atoms with E-state index < -0.39 is 5.25 Å². The molecule has 0 aliphatic carbocycles. The minimum absolute atomic E-state index is 0.0895. The minimum atomic E-state index is -0.497. The number of amidine groups is 1. The van der Waals surface area contributed by atoms with E-state index in [0.717, 1.165) is 16.8 Å². The molecule has 0 radical (unpaired) electrons. The van der Waals surface area contributed by atoms with Gasteiger partial charge < -0.3 is 10.1 Å². The molecule has 2 aromatic rings. The topological polar surface area (TPSA) is 71.0 Å². The van der Waals surface area contributed by atoms with E-state index in [1.165, 1.54) is 16.7 Å².